The van der Waals surface area contributed by atoms with E-state index in [1.54, 1.807) is 11.3 Å². The Morgan fingerprint density at radius 3 is 2.53 bits per heavy atom. The van der Waals surface area contributed by atoms with Crippen molar-refractivity contribution in [1.29, 1.82) is 0 Å². The SMILES string of the molecule is C=C(NCC(C)(F)F)c1sc(C)cc1C. The molecule has 0 atom stereocenters. The van der Waals surface area contributed by atoms with E-state index in [1.807, 2.05) is 19.9 Å². The molecule has 0 saturated carbocycles. The molecule has 0 aromatic carbocycles. The summed E-state index contributed by atoms with van der Waals surface area (Å²) in [6.07, 6.45) is 0. The second-order valence-corrected chi connectivity index (χ2v) is 5.03. The maximum absolute atomic E-state index is 12.6. The number of thiophene rings is 1. The largest absolute Gasteiger partial charge is 0.378 e. The van der Waals surface area contributed by atoms with E-state index < -0.39 is 5.92 Å². The molecule has 0 aliphatic rings. The Kier molecular flexibility index (Phi) is 3.50. The topological polar surface area (TPSA) is 12.0 Å². The number of halogens is 2. The van der Waals surface area contributed by atoms with Gasteiger partial charge in [0.1, 0.15) is 0 Å². The fraction of sp³-hybridized carbons (Fsp3) is 0.455. The van der Waals surface area contributed by atoms with Crippen molar-refractivity contribution in [3.8, 4) is 0 Å². The Morgan fingerprint density at radius 1 is 1.53 bits per heavy atom. The van der Waals surface area contributed by atoms with Crippen LogP contribution >= 0.6 is 11.3 Å². The summed E-state index contributed by atoms with van der Waals surface area (Å²) < 4.78 is 25.2. The van der Waals surface area contributed by atoms with Gasteiger partial charge in [-0.3, -0.25) is 0 Å². The maximum atomic E-state index is 12.6. The molecule has 0 unspecified atom stereocenters. The molecule has 1 nitrogen and oxygen atoms in total. The van der Waals surface area contributed by atoms with Crippen LogP contribution in [0.3, 0.4) is 0 Å². The van der Waals surface area contributed by atoms with Crippen molar-refractivity contribution in [2.24, 2.45) is 0 Å². The third-order valence-corrected chi connectivity index (χ3v) is 3.14. The highest BCUT2D eigenvalue weighted by atomic mass is 32.1. The highest BCUT2D eigenvalue weighted by Gasteiger charge is 2.21. The smallest absolute Gasteiger partial charge is 0.262 e. The number of nitrogens with one attached hydrogen (secondary N) is 1. The first-order valence-corrected chi connectivity index (χ1v) is 5.49. The molecule has 1 N–H and O–H groups in total. The lowest BCUT2D eigenvalue weighted by Crippen LogP contribution is -2.28. The van der Waals surface area contributed by atoms with Crippen molar-refractivity contribution in [1.82, 2.24) is 5.32 Å². The number of aryl methyl sites for hydroxylation is 2. The molecule has 1 aromatic rings. The van der Waals surface area contributed by atoms with Crippen LogP contribution in [-0.4, -0.2) is 12.5 Å². The molecule has 1 heterocycles. The third-order valence-electron chi connectivity index (χ3n) is 1.93. The van der Waals surface area contributed by atoms with Crippen LogP contribution in [0, 0.1) is 13.8 Å². The second-order valence-electron chi connectivity index (χ2n) is 3.77. The van der Waals surface area contributed by atoms with E-state index in [0.717, 1.165) is 22.2 Å². The molecule has 0 fully saturated rings. The van der Waals surface area contributed by atoms with Gasteiger partial charge in [0.2, 0.25) is 0 Å². The maximum Gasteiger partial charge on any atom is 0.262 e. The molecule has 84 valence electrons. The van der Waals surface area contributed by atoms with E-state index in [4.69, 9.17) is 0 Å². The summed E-state index contributed by atoms with van der Waals surface area (Å²) in [6, 6.07) is 2.02. The monoisotopic (exact) mass is 231 g/mol. The molecule has 0 aliphatic heterocycles. The van der Waals surface area contributed by atoms with Crippen LogP contribution in [0.15, 0.2) is 12.6 Å². The van der Waals surface area contributed by atoms with Crippen LogP contribution < -0.4 is 5.32 Å². The molecule has 0 aliphatic carbocycles. The van der Waals surface area contributed by atoms with Gasteiger partial charge in [0.05, 0.1) is 11.4 Å². The van der Waals surface area contributed by atoms with Crippen molar-refractivity contribution >= 4 is 17.0 Å². The summed E-state index contributed by atoms with van der Waals surface area (Å²) in [6.45, 7) is 8.23. The molecule has 0 spiro atoms. The fourth-order valence-electron chi connectivity index (χ4n) is 1.28. The van der Waals surface area contributed by atoms with E-state index >= 15 is 0 Å². The number of alkyl halides is 2. The van der Waals surface area contributed by atoms with Gasteiger partial charge in [-0.15, -0.1) is 11.3 Å². The Morgan fingerprint density at radius 2 is 2.13 bits per heavy atom. The van der Waals surface area contributed by atoms with E-state index in [-0.39, 0.29) is 6.54 Å². The molecule has 1 aromatic heterocycles. The first kappa shape index (κ1) is 12.2. The summed E-state index contributed by atoms with van der Waals surface area (Å²) in [4.78, 5) is 2.12. The van der Waals surface area contributed by atoms with Crippen LogP contribution in [-0.2, 0) is 0 Å². The van der Waals surface area contributed by atoms with Gasteiger partial charge in [-0.1, -0.05) is 6.58 Å². The molecule has 0 saturated heterocycles. The summed E-state index contributed by atoms with van der Waals surface area (Å²) in [5.41, 5.74) is 1.65. The van der Waals surface area contributed by atoms with E-state index in [0.29, 0.717) is 5.70 Å². The van der Waals surface area contributed by atoms with E-state index in [1.165, 1.54) is 0 Å². The van der Waals surface area contributed by atoms with Crippen molar-refractivity contribution in [2.45, 2.75) is 26.7 Å². The van der Waals surface area contributed by atoms with Gasteiger partial charge in [0.15, 0.2) is 0 Å². The Labute approximate surface area is 92.8 Å². The molecular formula is C11H15F2NS. The third kappa shape index (κ3) is 3.63. The van der Waals surface area contributed by atoms with Crippen LogP contribution in [0.2, 0.25) is 0 Å². The fourth-order valence-corrected chi connectivity index (χ4v) is 2.26. The summed E-state index contributed by atoms with van der Waals surface area (Å²) in [7, 11) is 0. The lowest BCUT2D eigenvalue weighted by Gasteiger charge is -2.13. The van der Waals surface area contributed by atoms with Crippen molar-refractivity contribution in [2.75, 3.05) is 6.54 Å². The average Bonchev–Trinajstić information content (AvgIpc) is 2.40. The summed E-state index contributed by atoms with van der Waals surface area (Å²) in [5.74, 6) is -2.71. The first-order chi connectivity index (χ1) is 6.79. The van der Waals surface area contributed by atoms with Gasteiger partial charge in [0, 0.05) is 17.5 Å². The van der Waals surface area contributed by atoms with Crippen LogP contribution in [0.4, 0.5) is 8.78 Å². The van der Waals surface area contributed by atoms with Crippen molar-refractivity contribution in [3.05, 3.63) is 28.0 Å². The molecule has 4 heteroatoms. The van der Waals surface area contributed by atoms with Gasteiger partial charge in [-0.2, -0.15) is 0 Å². The predicted molar refractivity (Wildman–Crippen MR) is 61.5 cm³/mol. The molecule has 0 radical (unpaired) electrons. The molecular weight excluding hydrogens is 216 g/mol. The average molecular weight is 231 g/mol. The number of hydrogen-bond acceptors (Lipinski definition) is 2. The zero-order valence-corrected chi connectivity index (χ0v) is 9.97. The molecule has 0 bridgehead atoms. The van der Waals surface area contributed by atoms with Gasteiger partial charge < -0.3 is 5.32 Å². The van der Waals surface area contributed by atoms with Crippen molar-refractivity contribution < 1.29 is 8.78 Å². The second kappa shape index (κ2) is 4.31. The van der Waals surface area contributed by atoms with Gasteiger partial charge >= 0.3 is 0 Å². The molecule has 1 rings (SSSR count). The van der Waals surface area contributed by atoms with Crippen LogP contribution in [0.25, 0.3) is 5.70 Å². The number of rotatable bonds is 4. The zero-order valence-electron chi connectivity index (χ0n) is 9.16. The highest BCUT2D eigenvalue weighted by Crippen LogP contribution is 2.26. The minimum Gasteiger partial charge on any atom is -0.378 e. The van der Waals surface area contributed by atoms with E-state index in [2.05, 4.69) is 11.9 Å². The Hall–Kier alpha value is -0.900. The standard InChI is InChI=1S/C11H15F2NS/c1-7-5-8(2)15-10(7)9(3)14-6-11(4,12)13/h5,14H,3,6H2,1-2,4H3. The lowest BCUT2D eigenvalue weighted by atomic mass is 10.2. The molecule has 0 amide bonds. The minimum atomic E-state index is -2.71. The quantitative estimate of drug-likeness (QED) is 0.835. The number of hydrogen-bond donors (Lipinski definition) is 1. The zero-order chi connectivity index (χ0) is 11.6. The lowest BCUT2D eigenvalue weighted by molar-refractivity contribution is 0.0268. The molecule has 15 heavy (non-hydrogen) atoms. The normalized spacial score (nSPS) is 11.5. The minimum absolute atomic E-state index is 0.373. The predicted octanol–water partition coefficient (Wildman–Crippen LogP) is 3.58. The highest BCUT2D eigenvalue weighted by molar-refractivity contribution is 7.13. The van der Waals surface area contributed by atoms with E-state index in [9.17, 15) is 8.78 Å². The van der Waals surface area contributed by atoms with Crippen molar-refractivity contribution in [3.63, 3.8) is 0 Å². The Balaban J connectivity index is 2.66. The van der Waals surface area contributed by atoms with Crippen LogP contribution in [0.1, 0.15) is 22.2 Å². The summed E-state index contributed by atoms with van der Waals surface area (Å²) in [5, 5.41) is 2.66. The first-order valence-electron chi connectivity index (χ1n) is 4.67. The summed E-state index contributed by atoms with van der Waals surface area (Å²) >= 11 is 1.57. The van der Waals surface area contributed by atoms with Gasteiger partial charge in [0.25, 0.3) is 5.92 Å². The van der Waals surface area contributed by atoms with Gasteiger partial charge in [-0.05, 0) is 25.5 Å². The van der Waals surface area contributed by atoms with Gasteiger partial charge in [-0.25, -0.2) is 8.78 Å². The van der Waals surface area contributed by atoms with Crippen LogP contribution in [0.5, 0.6) is 0 Å². The Bertz CT molecular complexity index is 363.